The van der Waals surface area contributed by atoms with Crippen molar-refractivity contribution < 1.29 is 4.79 Å². The summed E-state index contributed by atoms with van der Waals surface area (Å²) in [5.41, 5.74) is 7.83. The molecule has 0 bridgehead atoms. The van der Waals surface area contributed by atoms with Crippen LogP contribution in [0.5, 0.6) is 0 Å². The van der Waals surface area contributed by atoms with Gasteiger partial charge in [0.25, 0.3) is 5.24 Å². The molecule has 2 heterocycles. The normalized spacial score (nSPS) is 18.3. The Balaban J connectivity index is 1.76. The second kappa shape index (κ2) is 9.08. The summed E-state index contributed by atoms with van der Waals surface area (Å²) in [5, 5.41) is 5.30. The topological polar surface area (TPSA) is 57.1 Å². The van der Waals surface area contributed by atoms with Gasteiger partial charge in [0.2, 0.25) is 0 Å². The van der Waals surface area contributed by atoms with Gasteiger partial charge >= 0.3 is 0 Å². The van der Waals surface area contributed by atoms with E-state index < -0.39 is 4.75 Å². The van der Waals surface area contributed by atoms with Crippen LogP contribution in [-0.2, 0) is 6.42 Å². The van der Waals surface area contributed by atoms with Crippen molar-refractivity contribution in [2.24, 2.45) is 10.1 Å². The number of thioether (sulfide) groups is 1. The van der Waals surface area contributed by atoms with E-state index >= 15 is 0 Å². The molecule has 0 unspecified atom stereocenters. The summed E-state index contributed by atoms with van der Waals surface area (Å²) in [6.45, 7) is 9.06. The Hall–Kier alpha value is -2.02. The monoisotopic (exact) mass is 488 g/mol. The van der Waals surface area contributed by atoms with Crippen LogP contribution in [0.2, 0.25) is 10.0 Å². The van der Waals surface area contributed by atoms with Crippen molar-refractivity contribution >= 4 is 57.4 Å². The quantitative estimate of drug-likeness (QED) is 0.394. The lowest BCUT2D eigenvalue weighted by molar-refractivity contribution is 0.260. The fraction of sp³-hybridized carbons (Fsp3) is 0.375. The number of amides is 1. The molecular formula is C24H26Cl2N4OS. The predicted octanol–water partition coefficient (Wildman–Crippen LogP) is 6.54. The molecule has 0 aliphatic carbocycles. The Morgan fingerprint density at radius 1 is 1.19 bits per heavy atom. The first kappa shape index (κ1) is 23.1. The fourth-order valence-electron chi connectivity index (χ4n) is 4.10. The molecule has 0 radical (unpaired) electrons. The smallest absolute Gasteiger partial charge is 0.300 e. The Morgan fingerprint density at radius 2 is 1.97 bits per heavy atom. The van der Waals surface area contributed by atoms with Crippen LogP contribution in [0.1, 0.15) is 50.8 Å². The molecule has 168 valence electrons. The second-order valence-corrected chi connectivity index (χ2v) is 11.2. The van der Waals surface area contributed by atoms with Gasteiger partial charge < -0.3 is 4.90 Å². The minimum Gasteiger partial charge on any atom is -0.326 e. The molecule has 0 fully saturated rings. The van der Waals surface area contributed by atoms with E-state index in [1.54, 1.807) is 0 Å². The standard InChI is InChI=1S/C24H26Cl2N4OS/c1-14(2)27-22(17-7-9-18(25)19(26)13-17)30-11-5-6-15-12-16(8-10-20(15)30)21-24(3,4)32-23(31)29-28-21/h7-10,12-14H,5-6,11H2,1-4H3,(H,29,31)/b27-22-. The molecule has 0 aromatic heterocycles. The number of rotatable bonds is 3. The summed E-state index contributed by atoms with van der Waals surface area (Å²) in [6, 6.07) is 12.2. The molecular weight excluding hydrogens is 463 g/mol. The summed E-state index contributed by atoms with van der Waals surface area (Å²) in [6.07, 6.45) is 1.99. The van der Waals surface area contributed by atoms with Gasteiger partial charge in [0, 0.05) is 23.8 Å². The van der Waals surface area contributed by atoms with Gasteiger partial charge in [-0.25, -0.2) is 5.43 Å². The van der Waals surface area contributed by atoms with Crippen LogP contribution >= 0.6 is 35.0 Å². The SMILES string of the molecule is CC(C)/N=C(/c1ccc(Cl)c(Cl)c1)N1CCCc2cc(C3=NNC(=O)SC3(C)C)ccc21. The fourth-order valence-corrected chi connectivity index (χ4v) is 5.21. The molecule has 0 saturated carbocycles. The average Bonchev–Trinajstić information content (AvgIpc) is 2.72. The molecule has 32 heavy (non-hydrogen) atoms. The van der Waals surface area contributed by atoms with Gasteiger partial charge in [-0.05, 0) is 82.0 Å². The first-order chi connectivity index (χ1) is 15.2. The van der Waals surface area contributed by atoms with E-state index in [9.17, 15) is 4.79 Å². The third-order valence-electron chi connectivity index (χ3n) is 5.46. The van der Waals surface area contributed by atoms with E-state index in [1.165, 1.54) is 17.3 Å². The summed E-state index contributed by atoms with van der Waals surface area (Å²) in [5.74, 6) is 0.894. The van der Waals surface area contributed by atoms with Crippen molar-refractivity contribution in [2.75, 3.05) is 11.4 Å². The third-order valence-corrected chi connectivity index (χ3v) is 7.18. The molecule has 2 aromatic carbocycles. The van der Waals surface area contributed by atoms with Crippen LogP contribution in [-0.4, -0.2) is 34.1 Å². The number of carbonyl (C=O) groups is 1. The van der Waals surface area contributed by atoms with Crippen LogP contribution in [0.3, 0.4) is 0 Å². The lowest BCUT2D eigenvalue weighted by Crippen LogP contribution is -2.39. The van der Waals surface area contributed by atoms with Crippen LogP contribution < -0.4 is 10.3 Å². The highest BCUT2D eigenvalue weighted by Crippen LogP contribution is 2.36. The number of fused-ring (bicyclic) bond motifs is 1. The molecule has 8 heteroatoms. The van der Waals surface area contributed by atoms with E-state index in [2.05, 4.69) is 47.5 Å². The number of anilines is 1. The third kappa shape index (κ3) is 4.68. The summed E-state index contributed by atoms with van der Waals surface area (Å²) in [7, 11) is 0. The number of halogens is 2. The number of benzene rings is 2. The first-order valence-corrected chi connectivity index (χ1v) is 12.2. The van der Waals surface area contributed by atoms with Gasteiger partial charge in [-0.2, -0.15) is 5.10 Å². The maximum Gasteiger partial charge on any atom is 0.300 e. The van der Waals surface area contributed by atoms with Gasteiger partial charge in [-0.15, -0.1) is 0 Å². The highest BCUT2D eigenvalue weighted by molar-refractivity contribution is 8.15. The molecule has 2 aliphatic rings. The van der Waals surface area contributed by atoms with Crippen molar-refractivity contribution in [1.29, 1.82) is 0 Å². The maximum absolute atomic E-state index is 11.8. The zero-order chi connectivity index (χ0) is 23.0. The Kier molecular flexibility index (Phi) is 6.57. The second-order valence-electron chi connectivity index (χ2n) is 8.75. The summed E-state index contributed by atoms with van der Waals surface area (Å²) >= 11 is 13.7. The van der Waals surface area contributed by atoms with Crippen molar-refractivity contribution in [2.45, 2.75) is 51.3 Å². The van der Waals surface area contributed by atoms with Crippen molar-refractivity contribution in [3.63, 3.8) is 0 Å². The average molecular weight is 489 g/mol. The molecule has 5 nitrogen and oxygen atoms in total. The summed E-state index contributed by atoms with van der Waals surface area (Å²) < 4.78 is -0.394. The number of hydrogen-bond donors (Lipinski definition) is 1. The number of nitrogens with one attached hydrogen (secondary N) is 1. The van der Waals surface area contributed by atoms with E-state index in [4.69, 9.17) is 28.2 Å². The van der Waals surface area contributed by atoms with Gasteiger partial charge in [0.1, 0.15) is 5.84 Å². The first-order valence-electron chi connectivity index (χ1n) is 10.7. The number of nitrogens with zero attached hydrogens (tertiary/aromatic N) is 3. The lowest BCUT2D eigenvalue weighted by atomic mass is 9.93. The van der Waals surface area contributed by atoms with Gasteiger partial charge in [0.05, 0.1) is 20.5 Å². The van der Waals surface area contributed by atoms with Crippen LogP contribution in [0, 0.1) is 0 Å². The van der Waals surface area contributed by atoms with Gasteiger partial charge in [0.15, 0.2) is 0 Å². The summed E-state index contributed by atoms with van der Waals surface area (Å²) in [4.78, 5) is 19.0. The number of amidine groups is 1. The van der Waals surface area contributed by atoms with Crippen LogP contribution in [0.4, 0.5) is 10.5 Å². The highest BCUT2D eigenvalue weighted by atomic mass is 35.5. The number of hydrogen-bond acceptors (Lipinski definition) is 4. The molecule has 1 N–H and O–H groups in total. The van der Waals surface area contributed by atoms with Gasteiger partial charge in [-0.3, -0.25) is 9.79 Å². The molecule has 4 rings (SSSR count). The van der Waals surface area contributed by atoms with E-state index in [1.807, 2.05) is 32.0 Å². The Labute approximate surface area is 203 Å². The molecule has 1 amide bonds. The molecule has 2 aliphatic heterocycles. The molecule has 0 atom stereocenters. The maximum atomic E-state index is 11.8. The van der Waals surface area contributed by atoms with E-state index in [0.29, 0.717) is 10.0 Å². The van der Waals surface area contributed by atoms with Gasteiger partial charge in [-0.1, -0.05) is 41.0 Å². The van der Waals surface area contributed by atoms with Crippen LogP contribution in [0.25, 0.3) is 0 Å². The number of aryl methyl sites for hydroxylation is 1. The Bertz CT molecular complexity index is 1130. The zero-order valence-corrected chi connectivity index (χ0v) is 20.9. The van der Waals surface area contributed by atoms with E-state index in [0.717, 1.165) is 47.7 Å². The van der Waals surface area contributed by atoms with E-state index in [-0.39, 0.29) is 11.3 Å². The lowest BCUT2D eigenvalue weighted by Gasteiger charge is -2.34. The predicted molar refractivity (Wildman–Crippen MR) is 137 cm³/mol. The highest BCUT2D eigenvalue weighted by Gasteiger charge is 2.34. The van der Waals surface area contributed by atoms with Crippen molar-refractivity contribution in [3.05, 3.63) is 63.1 Å². The minimum atomic E-state index is -0.394. The molecule has 2 aromatic rings. The number of carbonyl (C=O) groups excluding carboxylic acids is 1. The van der Waals surface area contributed by atoms with Crippen LogP contribution in [0.15, 0.2) is 46.5 Å². The number of aliphatic imine (C=N–C) groups is 1. The van der Waals surface area contributed by atoms with Crippen molar-refractivity contribution in [3.8, 4) is 0 Å². The molecule has 0 spiro atoms. The van der Waals surface area contributed by atoms with Crippen molar-refractivity contribution in [1.82, 2.24) is 5.43 Å². The Morgan fingerprint density at radius 3 is 2.66 bits per heavy atom. The minimum absolute atomic E-state index is 0.126. The zero-order valence-electron chi connectivity index (χ0n) is 18.6. The largest absolute Gasteiger partial charge is 0.326 e. The number of hydrazone groups is 1. The molecule has 0 saturated heterocycles.